The van der Waals surface area contributed by atoms with Crippen molar-refractivity contribution in [1.29, 1.82) is 0 Å². The fraction of sp³-hybridized carbons (Fsp3) is 0.795. The number of carbonyl (C=O) groups is 2. The molecule has 2 aliphatic heterocycles. The molecule has 0 aromatic heterocycles. The van der Waals surface area contributed by atoms with Crippen molar-refractivity contribution in [3.05, 3.63) is 28.8 Å². The van der Waals surface area contributed by atoms with Crippen molar-refractivity contribution in [2.24, 2.45) is 22.7 Å². The number of ether oxygens (including phenoxy) is 2. The number of fused-ring (bicyclic) bond motifs is 7. The fourth-order valence-electron chi connectivity index (χ4n) is 8.60. The molecule has 1 amide bonds. The fourth-order valence-corrected chi connectivity index (χ4v) is 8.76. The number of alkyl halides is 3. The number of ketones is 1. The topological polar surface area (TPSA) is 55.8 Å². The number of benzene rings is 1. The highest BCUT2D eigenvalue weighted by Gasteiger charge is 2.54. The summed E-state index contributed by atoms with van der Waals surface area (Å²) in [6.45, 7) is 14.7. The van der Waals surface area contributed by atoms with Crippen molar-refractivity contribution >= 4 is 40.2 Å². The zero-order chi connectivity index (χ0) is 37.1. The molecule has 2 saturated heterocycles. The number of hydrogen-bond acceptors (Lipinski definition) is 5. The lowest BCUT2D eigenvalue weighted by atomic mass is 9.55. The first-order valence-corrected chi connectivity index (χ1v) is 19.6. The van der Waals surface area contributed by atoms with Crippen molar-refractivity contribution in [2.75, 3.05) is 19.0 Å². The molecule has 4 fully saturated rings. The third kappa shape index (κ3) is 8.94. The van der Waals surface area contributed by atoms with Crippen LogP contribution in [0.1, 0.15) is 135 Å². The highest BCUT2D eigenvalue weighted by molar-refractivity contribution is 7.80. The first kappa shape index (κ1) is 41.2. The van der Waals surface area contributed by atoms with E-state index in [2.05, 4.69) is 82.0 Å². The van der Waals surface area contributed by atoms with Crippen LogP contribution in [0.4, 0.5) is 18.0 Å². The van der Waals surface area contributed by atoms with E-state index in [0.717, 1.165) is 69.1 Å². The van der Waals surface area contributed by atoms with Crippen LogP contribution >= 0.6 is 12.6 Å². The van der Waals surface area contributed by atoms with Crippen molar-refractivity contribution in [3.63, 3.8) is 0 Å². The molecule has 4 radical (unpaired) electrons. The van der Waals surface area contributed by atoms with E-state index in [0.29, 0.717) is 42.2 Å². The Morgan fingerprint density at radius 3 is 2.20 bits per heavy atom. The number of hydrogen-bond donors (Lipinski definition) is 1. The van der Waals surface area contributed by atoms with Crippen molar-refractivity contribution in [3.8, 4) is 5.75 Å². The van der Waals surface area contributed by atoms with Gasteiger partial charge >= 0.3 is 6.09 Å². The second-order valence-corrected chi connectivity index (χ2v) is 16.7. The molecule has 1 aromatic carbocycles. The number of nitrogens with zero attached hydrogens (tertiary/aromatic N) is 1. The monoisotopic (exact) mass is 715 g/mol. The molecule has 5 aliphatic rings. The maximum Gasteiger partial charge on any atom is 0.415 e. The van der Waals surface area contributed by atoms with Crippen LogP contribution in [-0.2, 0) is 22.4 Å². The SMILES string of the molecule is CCC(C)(C)CC.CCc1cc2c(cc1OC(=O)N1C3CCC1COC3)CCC1C2CCC2(C)C(=O)CCC12.[B]C([B])(F)C(F)(F)CCCS. The second-order valence-electron chi connectivity index (χ2n) is 16.2. The number of amides is 1. The Labute approximate surface area is 307 Å². The van der Waals surface area contributed by atoms with Gasteiger partial charge in [0.2, 0.25) is 0 Å². The van der Waals surface area contributed by atoms with Crippen LogP contribution < -0.4 is 4.74 Å². The summed E-state index contributed by atoms with van der Waals surface area (Å²) >= 11 is 3.69. The lowest BCUT2D eigenvalue weighted by Crippen LogP contribution is -2.50. The van der Waals surface area contributed by atoms with Crippen LogP contribution in [0.5, 0.6) is 5.75 Å². The van der Waals surface area contributed by atoms with E-state index < -0.39 is 17.8 Å². The summed E-state index contributed by atoms with van der Waals surface area (Å²) in [7, 11) is 8.78. The molecule has 1 aromatic rings. The summed E-state index contributed by atoms with van der Waals surface area (Å²) in [6, 6.07) is 4.83. The number of aryl methyl sites for hydroxylation is 2. The van der Waals surface area contributed by atoms with Crippen LogP contribution in [0, 0.1) is 22.7 Å². The zero-order valence-corrected chi connectivity index (χ0v) is 32.1. The Morgan fingerprint density at radius 1 is 1.02 bits per heavy atom. The predicted molar refractivity (Wildman–Crippen MR) is 199 cm³/mol. The standard InChI is InChI=1S/C27H35NO4.C7H16.C5H7B2F3S/c1-3-16-12-22-17(4-7-21-20(22)10-11-27(2)23(21)8-9-25(27)29)13-24(16)32-26(30)28-18-5-6-19(28)15-31-14-18;1-5-7(3,4)6-2;6-5(7,10)4(8,9)2-1-3-11/h12-13,18-21,23H,3-11,14-15H2,1-2H3;5-6H2,1-4H3;11H,1-3H2. The van der Waals surface area contributed by atoms with E-state index in [1.165, 1.54) is 24.0 Å². The summed E-state index contributed by atoms with van der Waals surface area (Å²) < 4.78 is 48.9. The quantitative estimate of drug-likeness (QED) is 0.216. The maximum absolute atomic E-state index is 13.1. The molecule has 276 valence electrons. The minimum atomic E-state index is -3.67. The summed E-state index contributed by atoms with van der Waals surface area (Å²) in [5.74, 6) is -0.456. The van der Waals surface area contributed by atoms with Gasteiger partial charge < -0.3 is 9.47 Å². The van der Waals surface area contributed by atoms with Gasteiger partial charge in [0.1, 0.15) is 27.2 Å². The third-order valence-electron chi connectivity index (χ3n) is 12.8. The minimum absolute atomic E-state index is 0.0795. The van der Waals surface area contributed by atoms with Crippen LogP contribution in [0.2, 0.25) is 0 Å². The van der Waals surface area contributed by atoms with Gasteiger partial charge in [0.15, 0.2) is 0 Å². The van der Waals surface area contributed by atoms with Gasteiger partial charge in [-0.1, -0.05) is 60.5 Å². The number of thiol groups is 1. The number of halogens is 3. The normalized spacial score (nSPS) is 28.7. The van der Waals surface area contributed by atoms with Gasteiger partial charge in [0, 0.05) is 18.3 Å². The molecule has 6 atom stereocenters. The number of carbonyl (C=O) groups excluding carboxylic acids is 2. The molecule has 2 heterocycles. The van der Waals surface area contributed by atoms with Gasteiger partial charge in [0.05, 0.1) is 30.8 Å². The largest absolute Gasteiger partial charge is 0.415 e. The van der Waals surface area contributed by atoms with E-state index >= 15 is 0 Å². The molecule has 11 heteroatoms. The van der Waals surface area contributed by atoms with Gasteiger partial charge in [-0.2, -0.15) is 12.6 Å². The molecular formula is C39H58B2F3NO4S. The molecule has 3 aliphatic carbocycles. The Morgan fingerprint density at radius 2 is 1.66 bits per heavy atom. The van der Waals surface area contributed by atoms with E-state index in [4.69, 9.17) is 9.47 Å². The van der Waals surface area contributed by atoms with Gasteiger partial charge in [0.25, 0.3) is 5.92 Å². The first-order chi connectivity index (χ1) is 23.4. The van der Waals surface area contributed by atoms with Crippen LogP contribution in [0.3, 0.4) is 0 Å². The average molecular weight is 716 g/mol. The van der Waals surface area contributed by atoms with Gasteiger partial charge in [-0.15, -0.1) is 0 Å². The van der Waals surface area contributed by atoms with E-state index in [1.807, 2.05) is 4.90 Å². The van der Waals surface area contributed by atoms with E-state index in [-0.39, 0.29) is 35.8 Å². The molecule has 6 unspecified atom stereocenters. The van der Waals surface area contributed by atoms with Crippen molar-refractivity contribution < 1.29 is 32.2 Å². The zero-order valence-electron chi connectivity index (χ0n) is 31.2. The highest BCUT2D eigenvalue weighted by Crippen LogP contribution is 2.59. The third-order valence-corrected chi connectivity index (χ3v) is 13.1. The lowest BCUT2D eigenvalue weighted by molar-refractivity contribution is -0.129. The first-order valence-electron chi connectivity index (χ1n) is 18.9. The van der Waals surface area contributed by atoms with Gasteiger partial charge in [-0.3, -0.25) is 14.1 Å². The van der Waals surface area contributed by atoms with Crippen molar-refractivity contribution in [2.45, 2.75) is 154 Å². The smallest absolute Gasteiger partial charge is 0.410 e. The van der Waals surface area contributed by atoms with E-state index in [1.54, 1.807) is 0 Å². The number of morpholine rings is 1. The summed E-state index contributed by atoms with van der Waals surface area (Å²) in [5.41, 5.74) is 1.03. The molecule has 0 N–H and O–H groups in total. The molecular weight excluding hydrogens is 657 g/mol. The summed E-state index contributed by atoms with van der Waals surface area (Å²) in [5, 5.41) is 0. The minimum Gasteiger partial charge on any atom is -0.410 e. The van der Waals surface area contributed by atoms with Crippen LogP contribution in [0.15, 0.2) is 12.1 Å². The van der Waals surface area contributed by atoms with Crippen LogP contribution in [-0.4, -0.2) is 74.9 Å². The molecule has 0 spiro atoms. The van der Waals surface area contributed by atoms with Crippen LogP contribution in [0.25, 0.3) is 0 Å². The average Bonchev–Trinajstić information content (AvgIpc) is 3.53. The molecule has 2 saturated carbocycles. The number of Topliss-reactive ketones (excluding diaryl/α,β-unsaturated/α-hetero) is 1. The summed E-state index contributed by atoms with van der Waals surface area (Å²) in [6.07, 6.45) is 10.8. The molecule has 5 nitrogen and oxygen atoms in total. The Bertz CT molecular complexity index is 1320. The van der Waals surface area contributed by atoms with Gasteiger partial charge in [-0.25, -0.2) is 13.6 Å². The van der Waals surface area contributed by atoms with Gasteiger partial charge in [-0.05, 0) is 109 Å². The Hall–Kier alpha value is -1.61. The Kier molecular flexibility index (Phi) is 13.7. The second kappa shape index (κ2) is 16.6. The molecule has 2 bridgehead atoms. The predicted octanol–water partition coefficient (Wildman–Crippen LogP) is 9.16. The summed E-state index contributed by atoms with van der Waals surface area (Å²) in [4.78, 5) is 27.6. The lowest BCUT2D eigenvalue weighted by Gasteiger charge is -2.48. The molecule has 6 rings (SSSR count). The highest BCUT2D eigenvalue weighted by atomic mass is 32.1. The number of rotatable bonds is 8. The molecule has 50 heavy (non-hydrogen) atoms. The van der Waals surface area contributed by atoms with Crippen molar-refractivity contribution in [1.82, 2.24) is 4.90 Å². The maximum atomic E-state index is 13.1. The Balaban J connectivity index is 0.000000260. The van der Waals surface area contributed by atoms with E-state index in [9.17, 15) is 22.8 Å².